The first-order valence-corrected chi connectivity index (χ1v) is 8.54. The molecule has 2 aromatic heterocycles. The van der Waals surface area contributed by atoms with Crippen LogP contribution in [0.1, 0.15) is 9.67 Å². The van der Waals surface area contributed by atoms with Gasteiger partial charge in [-0.2, -0.15) is 0 Å². The Labute approximate surface area is 140 Å². The molecule has 3 heterocycles. The molecular formula is C16H11N3O2S2. The Bertz CT molecular complexity index is 914. The van der Waals surface area contributed by atoms with E-state index in [2.05, 4.69) is 10.3 Å². The van der Waals surface area contributed by atoms with Crippen molar-refractivity contribution in [3.05, 3.63) is 52.5 Å². The highest BCUT2D eigenvalue weighted by atomic mass is 32.1. The first kappa shape index (κ1) is 14.0. The number of nitrogens with one attached hydrogen (secondary N) is 1. The molecule has 0 aliphatic carbocycles. The van der Waals surface area contributed by atoms with E-state index in [1.807, 2.05) is 29.0 Å². The van der Waals surface area contributed by atoms with Crippen molar-refractivity contribution in [2.24, 2.45) is 5.73 Å². The predicted molar refractivity (Wildman–Crippen MR) is 92.8 cm³/mol. The van der Waals surface area contributed by atoms with Crippen LogP contribution >= 0.6 is 22.7 Å². The number of benzene rings is 1. The van der Waals surface area contributed by atoms with Gasteiger partial charge >= 0.3 is 0 Å². The quantitative estimate of drug-likeness (QED) is 0.757. The Morgan fingerprint density at radius 3 is 3.00 bits per heavy atom. The first-order valence-electron chi connectivity index (χ1n) is 6.78. The Kier molecular flexibility index (Phi) is 3.36. The number of carbonyl (C=O) groups excluding carboxylic acids is 1. The summed E-state index contributed by atoms with van der Waals surface area (Å²) in [5.41, 5.74) is 9.04. The zero-order valence-corrected chi connectivity index (χ0v) is 13.4. The van der Waals surface area contributed by atoms with Gasteiger partial charge in [0.1, 0.15) is 21.9 Å². The summed E-state index contributed by atoms with van der Waals surface area (Å²) in [7, 11) is 0. The molecule has 3 N–H and O–H groups in total. The SMILES string of the molecule is NC(=O)c1scc(-c2nccs2)c1-c1ccc2c(c1)NC=CO2. The predicted octanol–water partition coefficient (Wildman–Crippen LogP) is 3.91. The first-order chi connectivity index (χ1) is 11.2. The van der Waals surface area contributed by atoms with Gasteiger partial charge in [0.15, 0.2) is 0 Å². The summed E-state index contributed by atoms with van der Waals surface area (Å²) in [5, 5.41) is 7.84. The van der Waals surface area contributed by atoms with Crippen molar-refractivity contribution in [2.45, 2.75) is 0 Å². The third kappa shape index (κ3) is 2.39. The van der Waals surface area contributed by atoms with Crippen molar-refractivity contribution >= 4 is 34.3 Å². The summed E-state index contributed by atoms with van der Waals surface area (Å²) >= 11 is 2.87. The third-order valence-electron chi connectivity index (χ3n) is 3.45. The molecule has 0 atom stereocenters. The van der Waals surface area contributed by atoms with Gasteiger partial charge in [-0.25, -0.2) is 4.98 Å². The molecule has 0 unspecified atom stereocenters. The number of nitrogens with two attached hydrogens (primary N) is 1. The highest BCUT2D eigenvalue weighted by Gasteiger charge is 2.21. The van der Waals surface area contributed by atoms with Crippen molar-refractivity contribution in [2.75, 3.05) is 5.32 Å². The number of amides is 1. The number of primary amides is 1. The topological polar surface area (TPSA) is 77.2 Å². The standard InChI is InChI=1S/C16H11N3O2S2/c17-15(20)14-13(10(8-23-14)16-19-4-6-22-16)9-1-2-12-11(7-9)18-3-5-21-12/h1-8,18H,(H2,17,20). The number of rotatable bonds is 3. The van der Waals surface area contributed by atoms with Crippen molar-refractivity contribution in [1.82, 2.24) is 4.98 Å². The molecule has 23 heavy (non-hydrogen) atoms. The number of thiophene rings is 1. The molecule has 0 fully saturated rings. The maximum atomic E-state index is 11.8. The molecule has 0 spiro atoms. The lowest BCUT2D eigenvalue weighted by molar-refractivity contribution is 0.100. The van der Waals surface area contributed by atoms with E-state index in [-0.39, 0.29) is 0 Å². The van der Waals surface area contributed by atoms with Crippen LogP contribution in [0.3, 0.4) is 0 Å². The summed E-state index contributed by atoms with van der Waals surface area (Å²) in [4.78, 5) is 16.7. The summed E-state index contributed by atoms with van der Waals surface area (Å²) in [6.07, 6.45) is 5.05. The second-order valence-electron chi connectivity index (χ2n) is 4.83. The van der Waals surface area contributed by atoms with Gasteiger partial charge in [-0.15, -0.1) is 22.7 Å². The minimum absolute atomic E-state index is 0.436. The number of ether oxygens (including phenoxy) is 1. The Balaban J connectivity index is 1.91. The van der Waals surface area contributed by atoms with Crippen LogP contribution in [0.15, 0.2) is 47.6 Å². The molecule has 1 aromatic carbocycles. The molecule has 0 saturated heterocycles. The second-order valence-corrected chi connectivity index (χ2v) is 6.61. The maximum absolute atomic E-state index is 11.8. The molecule has 5 nitrogen and oxygen atoms in total. The van der Waals surface area contributed by atoms with E-state index in [0.29, 0.717) is 4.88 Å². The van der Waals surface area contributed by atoms with Gasteiger partial charge in [0.05, 0.1) is 5.69 Å². The van der Waals surface area contributed by atoms with Gasteiger partial charge in [-0.05, 0) is 17.7 Å². The minimum atomic E-state index is -0.436. The fourth-order valence-corrected chi connectivity index (χ4v) is 4.13. The summed E-state index contributed by atoms with van der Waals surface area (Å²) in [5.74, 6) is 0.303. The summed E-state index contributed by atoms with van der Waals surface area (Å²) < 4.78 is 5.43. The van der Waals surface area contributed by atoms with E-state index in [4.69, 9.17) is 10.5 Å². The van der Waals surface area contributed by atoms with Crippen LogP contribution in [0.5, 0.6) is 5.75 Å². The van der Waals surface area contributed by atoms with Crippen LogP contribution in [0.2, 0.25) is 0 Å². The van der Waals surface area contributed by atoms with Crippen LogP contribution in [0.4, 0.5) is 5.69 Å². The molecule has 114 valence electrons. The third-order valence-corrected chi connectivity index (χ3v) is 5.25. The molecule has 1 aliphatic heterocycles. The molecule has 0 bridgehead atoms. The number of anilines is 1. The van der Waals surface area contributed by atoms with Crippen molar-refractivity contribution < 1.29 is 9.53 Å². The molecule has 1 amide bonds. The van der Waals surface area contributed by atoms with Crippen molar-refractivity contribution in [3.8, 4) is 27.4 Å². The minimum Gasteiger partial charge on any atom is -0.461 e. The zero-order valence-electron chi connectivity index (χ0n) is 11.8. The fourth-order valence-electron chi connectivity index (χ4n) is 2.47. The largest absolute Gasteiger partial charge is 0.461 e. The number of hydrogen-bond donors (Lipinski definition) is 2. The van der Waals surface area contributed by atoms with E-state index in [0.717, 1.165) is 33.1 Å². The van der Waals surface area contributed by atoms with Crippen molar-refractivity contribution in [1.29, 1.82) is 0 Å². The van der Waals surface area contributed by atoms with Crippen LogP contribution in [-0.4, -0.2) is 10.9 Å². The highest BCUT2D eigenvalue weighted by molar-refractivity contribution is 7.15. The number of fused-ring (bicyclic) bond motifs is 1. The van der Waals surface area contributed by atoms with E-state index < -0.39 is 5.91 Å². The molecule has 4 rings (SSSR count). The van der Waals surface area contributed by atoms with E-state index in [9.17, 15) is 4.79 Å². The van der Waals surface area contributed by atoms with Gasteiger partial charge in [0.25, 0.3) is 5.91 Å². The Morgan fingerprint density at radius 1 is 1.30 bits per heavy atom. The normalized spacial score (nSPS) is 12.3. The van der Waals surface area contributed by atoms with Crippen LogP contribution in [-0.2, 0) is 0 Å². The maximum Gasteiger partial charge on any atom is 0.259 e. The number of hydrogen-bond acceptors (Lipinski definition) is 6. The molecular weight excluding hydrogens is 330 g/mol. The molecule has 0 saturated carbocycles. The average molecular weight is 341 g/mol. The molecule has 0 radical (unpaired) electrons. The van der Waals surface area contributed by atoms with Crippen LogP contribution in [0, 0.1) is 0 Å². The van der Waals surface area contributed by atoms with E-state index >= 15 is 0 Å². The van der Waals surface area contributed by atoms with E-state index in [1.165, 1.54) is 22.7 Å². The van der Waals surface area contributed by atoms with E-state index in [1.54, 1.807) is 18.7 Å². The van der Waals surface area contributed by atoms with Crippen LogP contribution < -0.4 is 15.8 Å². The Morgan fingerprint density at radius 2 is 2.22 bits per heavy atom. The lowest BCUT2D eigenvalue weighted by Crippen LogP contribution is -2.10. The fraction of sp³-hybridized carbons (Fsp3) is 0. The number of thiazole rings is 1. The molecule has 3 aromatic rings. The monoisotopic (exact) mass is 341 g/mol. The number of aromatic nitrogens is 1. The molecule has 7 heteroatoms. The van der Waals surface area contributed by atoms with Crippen LogP contribution in [0.25, 0.3) is 21.7 Å². The van der Waals surface area contributed by atoms with Gasteiger partial charge in [-0.1, -0.05) is 6.07 Å². The summed E-state index contributed by atoms with van der Waals surface area (Å²) in [6, 6.07) is 5.74. The lowest BCUT2D eigenvalue weighted by Gasteiger charge is -2.15. The Hall–Kier alpha value is -2.64. The number of carbonyl (C=O) groups is 1. The average Bonchev–Trinajstić information content (AvgIpc) is 3.23. The van der Waals surface area contributed by atoms with Gasteiger partial charge in [-0.3, -0.25) is 4.79 Å². The van der Waals surface area contributed by atoms with Gasteiger partial charge in [0, 0.05) is 34.3 Å². The zero-order chi connectivity index (χ0) is 15.8. The van der Waals surface area contributed by atoms with Gasteiger partial charge in [0.2, 0.25) is 0 Å². The van der Waals surface area contributed by atoms with Crippen molar-refractivity contribution in [3.63, 3.8) is 0 Å². The smallest absolute Gasteiger partial charge is 0.259 e. The second kappa shape index (κ2) is 5.53. The number of nitrogens with zero attached hydrogens (tertiary/aromatic N) is 1. The lowest BCUT2D eigenvalue weighted by atomic mass is 10.0. The molecule has 1 aliphatic rings. The highest BCUT2D eigenvalue weighted by Crippen LogP contribution is 2.42. The van der Waals surface area contributed by atoms with Gasteiger partial charge < -0.3 is 15.8 Å². The summed E-state index contributed by atoms with van der Waals surface area (Å²) in [6.45, 7) is 0.